The highest BCUT2D eigenvalue weighted by atomic mass is 16.3. The van der Waals surface area contributed by atoms with Crippen molar-refractivity contribution in [1.29, 1.82) is 0 Å². The van der Waals surface area contributed by atoms with Crippen LogP contribution in [0.25, 0.3) is 0 Å². The molecule has 0 radical (unpaired) electrons. The van der Waals surface area contributed by atoms with Gasteiger partial charge in [0.25, 0.3) is 0 Å². The van der Waals surface area contributed by atoms with Gasteiger partial charge in [0.1, 0.15) is 5.75 Å². The maximum absolute atomic E-state index is 9.38. The Kier molecular flexibility index (Phi) is 5.25. The Hall–Kier alpha value is -1.10. The van der Waals surface area contributed by atoms with E-state index >= 15 is 0 Å². The van der Waals surface area contributed by atoms with Gasteiger partial charge in [-0.3, -0.25) is 0 Å². The topological polar surface area (TPSA) is 86.7 Å². The van der Waals surface area contributed by atoms with Crippen molar-refractivity contribution >= 4 is 0 Å². The van der Waals surface area contributed by atoms with Crippen molar-refractivity contribution in [3.8, 4) is 5.75 Å². The summed E-state index contributed by atoms with van der Waals surface area (Å²) in [6.45, 7) is 0.406. The molecule has 0 saturated carbocycles. The highest BCUT2D eigenvalue weighted by Gasteiger charge is 2.06. The minimum Gasteiger partial charge on any atom is -0.508 e. The third-order valence-corrected chi connectivity index (χ3v) is 2.75. The van der Waals surface area contributed by atoms with Crippen LogP contribution >= 0.6 is 0 Å². The summed E-state index contributed by atoms with van der Waals surface area (Å²) in [4.78, 5) is 0. The molecular weight excluding hydrogens is 206 g/mol. The van der Waals surface area contributed by atoms with Gasteiger partial charge in [-0.2, -0.15) is 0 Å². The number of aliphatic hydroxyl groups is 2. The molecule has 1 aromatic rings. The van der Waals surface area contributed by atoms with Crippen LogP contribution in [0.15, 0.2) is 18.2 Å². The van der Waals surface area contributed by atoms with Crippen molar-refractivity contribution in [2.45, 2.75) is 19.4 Å². The molecule has 0 heterocycles. The van der Waals surface area contributed by atoms with Gasteiger partial charge in [0.05, 0.1) is 6.61 Å². The number of hydrogen-bond acceptors (Lipinski definition) is 4. The number of aromatic hydroxyl groups is 1. The van der Waals surface area contributed by atoms with E-state index < -0.39 is 0 Å². The first-order valence-electron chi connectivity index (χ1n) is 5.43. The molecule has 1 rings (SSSR count). The lowest BCUT2D eigenvalue weighted by atomic mass is 9.99. The summed E-state index contributed by atoms with van der Waals surface area (Å²) in [6.07, 6.45) is 1.60. The summed E-state index contributed by atoms with van der Waals surface area (Å²) >= 11 is 0. The summed E-state index contributed by atoms with van der Waals surface area (Å²) in [5.41, 5.74) is 7.06. The highest BCUT2D eigenvalue weighted by Crippen LogP contribution is 2.20. The fourth-order valence-corrected chi connectivity index (χ4v) is 1.58. The molecule has 0 aromatic heterocycles. The molecule has 90 valence electrons. The molecule has 0 aliphatic heterocycles. The van der Waals surface area contributed by atoms with E-state index in [2.05, 4.69) is 0 Å². The number of aliphatic hydroxyl groups excluding tert-OH is 2. The normalized spacial score (nSPS) is 12.7. The summed E-state index contributed by atoms with van der Waals surface area (Å²) in [5, 5.41) is 27.4. The van der Waals surface area contributed by atoms with Crippen LogP contribution in [0.1, 0.15) is 17.5 Å². The maximum atomic E-state index is 9.38. The summed E-state index contributed by atoms with van der Waals surface area (Å²) in [7, 11) is 0. The van der Waals surface area contributed by atoms with Crippen LogP contribution in [0.5, 0.6) is 5.75 Å². The fourth-order valence-electron chi connectivity index (χ4n) is 1.58. The molecule has 5 N–H and O–H groups in total. The minimum atomic E-state index is -0.167. The zero-order valence-electron chi connectivity index (χ0n) is 9.26. The van der Waals surface area contributed by atoms with Gasteiger partial charge in [0.2, 0.25) is 0 Å². The van der Waals surface area contributed by atoms with Crippen LogP contribution in [0.3, 0.4) is 0 Å². The minimum absolute atomic E-state index is 0.0987. The molecule has 4 nitrogen and oxygen atoms in total. The van der Waals surface area contributed by atoms with Crippen molar-refractivity contribution in [3.63, 3.8) is 0 Å². The van der Waals surface area contributed by atoms with Gasteiger partial charge in [-0.25, -0.2) is 0 Å². The van der Waals surface area contributed by atoms with E-state index in [4.69, 9.17) is 15.9 Å². The largest absolute Gasteiger partial charge is 0.508 e. The lowest BCUT2D eigenvalue weighted by Crippen LogP contribution is -2.18. The van der Waals surface area contributed by atoms with Crippen LogP contribution in [0, 0.1) is 5.92 Å². The van der Waals surface area contributed by atoms with E-state index in [1.807, 2.05) is 6.07 Å². The molecule has 1 unspecified atom stereocenters. The van der Waals surface area contributed by atoms with Crippen molar-refractivity contribution in [1.82, 2.24) is 0 Å². The Balaban J connectivity index is 2.60. The van der Waals surface area contributed by atoms with Gasteiger partial charge in [0.15, 0.2) is 0 Å². The lowest BCUT2D eigenvalue weighted by Gasteiger charge is -2.11. The number of nitrogens with two attached hydrogens (primary N) is 1. The van der Waals surface area contributed by atoms with Crippen LogP contribution in [-0.2, 0) is 13.0 Å². The Morgan fingerprint density at radius 2 is 2.00 bits per heavy atom. The Bertz CT molecular complexity index is 324. The lowest BCUT2D eigenvalue weighted by molar-refractivity contribution is 0.223. The van der Waals surface area contributed by atoms with Gasteiger partial charge in [-0.15, -0.1) is 0 Å². The highest BCUT2D eigenvalue weighted by molar-refractivity contribution is 5.35. The van der Waals surface area contributed by atoms with E-state index in [1.165, 1.54) is 0 Å². The molecular formula is C12H19NO3. The van der Waals surface area contributed by atoms with E-state index in [9.17, 15) is 5.11 Å². The molecule has 0 saturated heterocycles. The van der Waals surface area contributed by atoms with Gasteiger partial charge >= 0.3 is 0 Å². The molecule has 0 aliphatic carbocycles. The van der Waals surface area contributed by atoms with Crippen LogP contribution in [0.2, 0.25) is 0 Å². The third kappa shape index (κ3) is 3.48. The number of rotatable bonds is 6. The van der Waals surface area contributed by atoms with Crippen LogP contribution in [0.4, 0.5) is 0 Å². The molecule has 4 heteroatoms. The Labute approximate surface area is 95.3 Å². The average molecular weight is 225 g/mol. The second kappa shape index (κ2) is 6.48. The van der Waals surface area contributed by atoms with E-state index in [-0.39, 0.29) is 24.9 Å². The predicted molar refractivity (Wildman–Crippen MR) is 62.0 cm³/mol. The van der Waals surface area contributed by atoms with E-state index in [1.54, 1.807) is 12.1 Å². The molecule has 0 aliphatic rings. The first-order chi connectivity index (χ1) is 7.71. The zero-order valence-corrected chi connectivity index (χ0v) is 9.26. The molecule has 1 aromatic carbocycles. The second-order valence-electron chi connectivity index (χ2n) is 3.94. The first-order valence-corrected chi connectivity index (χ1v) is 5.43. The smallest absolute Gasteiger partial charge is 0.121 e. The van der Waals surface area contributed by atoms with Gasteiger partial charge in [-0.1, -0.05) is 6.07 Å². The van der Waals surface area contributed by atoms with Gasteiger partial charge < -0.3 is 21.1 Å². The molecule has 0 fully saturated rings. The SMILES string of the molecule is NCC(CO)CCc1ccc(O)c(CO)c1. The van der Waals surface area contributed by atoms with E-state index in [0.29, 0.717) is 12.1 Å². The Morgan fingerprint density at radius 1 is 1.25 bits per heavy atom. The summed E-state index contributed by atoms with van der Waals surface area (Å²) < 4.78 is 0. The van der Waals surface area contributed by atoms with Crippen LogP contribution in [-0.4, -0.2) is 28.5 Å². The van der Waals surface area contributed by atoms with Gasteiger partial charge in [0, 0.05) is 12.2 Å². The monoisotopic (exact) mass is 225 g/mol. The van der Waals surface area contributed by atoms with Crippen molar-refractivity contribution in [3.05, 3.63) is 29.3 Å². The van der Waals surface area contributed by atoms with Crippen molar-refractivity contribution in [2.75, 3.05) is 13.2 Å². The van der Waals surface area contributed by atoms with E-state index in [0.717, 1.165) is 18.4 Å². The first kappa shape index (κ1) is 13.0. The van der Waals surface area contributed by atoms with Gasteiger partial charge in [-0.05, 0) is 43.0 Å². The number of benzene rings is 1. The Morgan fingerprint density at radius 3 is 2.56 bits per heavy atom. The fraction of sp³-hybridized carbons (Fsp3) is 0.500. The third-order valence-electron chi connectivity index (χ3n) is 2.75. The van der Waals surface area contributed by atoms with Crippen molar-refractivity contribution in [2.24, 2.45) is 11.7 Å². The average Bonchev–Trinajstić information content (AvgIpc) is 2.32. The summed E-state index contributed by atoms with van der Waals surface area (Å²) in [6, 6.07) is 5.18. The molecule has 1 atom stereocenters. The van der Waals surface area contributed by atoms with Crippen molar-refractivity contribution < 1.29 is 15.3 Å². The number of aryl methyl sites for hydroxylation is 1. The standard InChI is InChI=1S/C12H19NO3/c13-6-10(7-14)2-1-9-3-4-12(16)11(5-9)8-15/h3-5,10,14-16H,1-2,6-8,13H2. The maximum Gasteiger partial charge on any atom is 0.121 e. The quantitative estimate of drug-likeness (QED) is 0.564. The molecule has 16 heavy (non-hydrogen) atoms. The number of hydrogen-bond donors (Lipinski definition) is 4. The predicted octanol–water partition coefficient (Wildman–Crippen LogP) is 0.384. The summed E-state index contributed by atoms with van der Waals surface area (Å²) in [5.74, 6) is 0.232. The zero-order chi connectivity index (χ0) is 12.0. The second-order valence-corrected chi connectivity index (χ2v) is 3.94. The molecule has 0 amide bonds. The van der Waals surface area contributed by atoms with Crippen LogP contribution < -0.4 is 5.73 Å². The molecule has 0 spiro atoms. The number of phenols is 1. The molecule has 0 bridgehead atoms.